The number of hydrogen-bond donors (Lipinski definition) is 1. The van der Waals surface area contributed by atoms with Gasteiger partial charge in [0.25, 0.3) is 0 Å². The Morgan fingerprint density at radius 2 is 1.86 bits per heavy atom. The van der Waals surface area contributed by atoms with Gasteiger partial charge in [-0.05, 0) is 72.9 Å². The minimum atomic E-state index is -0.800. The lowest BCUT2D eigenvalue weighted by atomic mass is 9.93. The molecule has 1 atom stereocenters. The lowest BCUT2D eigenvalue weighted by Gasteiger charge is -2.44. The number of rotatable bonds is 3. The van der Waals surface area contributed by atoms with Gasteiger partial charge in [0.15, 0.2) is 0 Å². The van der Waals surface area contributed by atoms with E-state index in [1.165, 1.54) is 0 Å². The molecule has 2 fully saturated rings. The maximum Gasteiger partial charge on any atom is 0.246 e. The Kier molecular flexibility index (Phi) is 3.71. The zero-order chi connectivity index (χ0) is 15.2. The van der Waals surface area contributed by atoms with E-state index in [-0.39, 0.29) is 17.9 Å². The largest absolute Gasteiger partial charge is 0.342 e. The van der Waals surface area contributed by atoms with Crippen molar-refractivity contribution in [3.63, 3.8) is 0 Å². The molecule has 112 valence electrons. The molecule has 1 saturated heterocycles. The first-order chi connectivity index (χ1) is 9.89. The van der Waals surface area contributed by atoms with Crippen LogP contribution in [-0.2, 0) is 16.1 Å². The van der Waals surface area contributed by atoms with Gasteiger partial charge in [0.2, 0.25) is 11.8 Å². The molecule has 1 aromatic rings. The third kappa shape index (κ3) is 2.80. The highest BCUT2D eigenvalue weighted by Gasteiger charge is 2.50. The molecule has 1 N–H and O–H groups in total. The molecule has 1 unspecified atom stereocenters. The monoisotopic (exact) mass is 398 g/mol. The predicted octanol–water partition coefficient (Wildman–Crippen LogP) is 2.31. The van der Waals surface area contributed by atoms with Crippen molar-refractivity contribution < 1.29 is 9.59 Å². The van der Waals surface area contributed by atoms with Crippen molar-refractivity contribution in [2.75, 3.05) is 0 Å². The van der Waals surface area contributed by atoms with Crippen LogP contribution in [-0.4, -0.2) is 28.3 Å². The van der Waals surface area contributed by atoms with Crippen LogP contribution in [0.2, 0.25) is 0 Å². The Hall–Kier alpha value is -1.11. The number of amides is 2. The smallest absolute Gasteiger partial charge is 0.246 e. The molecule has 0 spiro atoms. The summed E-state index contributed by atoms with van der Waals surface area (Å²) in [6.45, 7) is 4.12. The number of hydrogen-bond acceptors (Lipinski definition) is 2. The number of nitrogens with zero attached hydrogens (tertiary/aromatic N) is 1. The zero-order valence-corrected chi connectivity index (χ0v) is 14.4. The Labute approximate surface area is 138 Å². The molecule has 1 saturated carbocycles. The van der Waals surface area contributed by atoms with E-state index in [4.69, 9.17) is 0 Å². The molecule has 0 aromatic heterocycles. The van der Waals surface area contributed by atoms with Crippen LogP contribution in [0.1, 0.15) is 32.3 Å². The minimum absolute atomic E-state index is 0.0514. The summed E-state index contributed by atoms with van der Waals surface area (Å²) in [5.41, 5.74) is 0.256. The fraction of sp³-hybridized carbons (Fsp3) is 0.500. The van der Waals surface area contributed by atoms with Gasteiger partial charge in [-0.3, -0.25) is 9.59 Å². The highest BCUT2D eigenvalue weighted by atomic mass is 127. The normalized spacial score (nSPS) is 24.9. The van der Waals surface area contributed by atoms with Crippen LogP contribution in [0.15, 0.2) is 24.3 Å². The van der Waals surface area contributed by atoms with E-state index in [1.54, 1.807) is 4.90 Å². The number of carbonyl (C=O) groups is 2. The molecule has 1 aliphatic carbocycles. The number of halogens is 1. The van der Waals surface area contributed by atoms with Crippen molar-refractivity contribution >= 4 is 34.4 Å². The van der Waals surface area contributed by atoms with Crippen LogP contribution in [0.3, 0.4) is 0 Å². The summed E-state index contributed by atoms with van der Waals surface area (Å²) >= 11 is 2.26. The van der Waals surface area contributed by atoms with Crippen molar-refractivity contribution in [3.05, 3.63) is 33.4 Å². The van der Waals surface area contributed by atoms with Gasteiger partial charge in [-0.15, -0.1) is 0 Å². The quantitative estimate of drug-likeness (QED) is 0.795. The lowest BCUT2D eigenvalue weighted by Crippen LogP contribution is -2.68. The van der Waals surface area contributed by atoms with Crippen LogP contribution in [0.5, 0.6) is 0 Å². The summed E-state index contributed by atoms with van der Waals surface area (Å²) in [7, 11) is 0. The topological polar surface area (TPSA) is 49.4 Å². The average Bonchev–Trinajstić information content (AvgIpc) is 3.26. The molecule has 4 nitrogen and oxygen atoms in total. The Morgan fingerprint density at radius 3 is 2.43 bits per heavy atom. The molecule has 21 heavy (non-hydrogen) atoms. The molecule has 1 aromatic carbocycles. The van der Waals surface area contributed by atoms with E-state index >= 15 is 0 Å². The summed E-state index contributed by atoms with van der Waals surface area (Å²) in [6.07, 6.45) is 2.07. The van der Waals surface area contributed by atoms with E-state index in [2.05, 4.69) is 27.9 Å². The summed E-state index contributed by atoms with van der Waals surface area (Å²) in [4.78, 5) is 26.8. The van der Waals surface area contributed by atoms with E-state index in [0.717, 1.165) is 22.0 Å². The molecule has 2 aliphatic rings. The first-order valence-corrected chi connectivity index (χ1v) is 8.34. The minimum Gasteiger partial charge on any atom is -0.342 e. The Balaban J connectivity index is 1.86. The first-order valence-electron chi connectivity index (χ1n) is 7.26. The second kappa shape index (κ2) is 5.26. The van der Waals surface area contributed by atoms with E-state index < -0.39 is 5.54 Å². The average molecular weight is 398 g/mol. The van der Waals surface area contributed by atoms with Crippen molar-refractivity contribution in [2.45, 2.75) is 44.8 Å². The van der Waals surface area contributed by atoms with Crippen LogP contribution in [0.25, 0.3) is 0 Å². The molecule has 0 radical (unpaired) electrons. The van der Waals surface area contributed by atoms with Gasteiger partial charge in [-0.2, -0.15) is 0 Å². The number of nitrogens with one attached hydrogen (secondary N) is 1. The Morgan fingerprint density at radius 1 is 1.24 bits per heavy atom. The van der Waals surface area contributed by atoms with E-state index in [0.29, 0.717) is 12.5 Å². The van der Waals surface area contributed by atoms with Gasteiger partial charge < -0.3 is 10.2 Å². The van der Waals surface area contributed by atoms with Crippen molar-refractivity contribution in [1.29, 1.82) is 0 Å². The lowest BCUT2D eigenvalue weighted by molar-refractivity contribution is -0.156. The highest BCUT2D eigenvalue weighted by Crippen LogP contribution is 2.37. The van der Waals surface area contributed by atoms with Crippen LogP contribution >= 0.6 is 22.6 Å². The summed E-state index contributed by atoms with van der Waals surface area (Å²) in [6, 6.07) is 7.76. The van der Waals surface area contributed by atoms with Crippen molar-refractivity contribution in [3.8, 4) is 0 Å². The van der Waals surface area contributed by atoms with Crippen molar-refractivity contribution in [2.24, 2.45) is 5.92 Å². The van der Waals surface area contributed by atoms with Gasteiger partial charge in [-0.1, -0.05) is 12.1 Å². The maximum atomic E-state index is 12.7. The second-order valence-corrected chi connectivity index (χ2v) is 7.64. The molecule has 5 heteroatoms. The zero-order valence-electron chi connectivity index (χ0n) is 12.2. The molecular weight excluding hydrogens is 379 g/mol. The predicted molar refractivity (Wildman–Crippen MR) is 88.4 cm³/mol. The summed E-state index contributed by atoms with van der Waals surface area (Å²) in [5.74, 6) is 0.335. The molecule has 0 bridgehead atoms. The van der Waals surface area contributed by atoms with Gasteiger partial charge >= 0.3 is 0 Å². The van der Waals surface area contributed by atoms with Gasteiger partial charge in [0.1, 0.15) is 11.6 Å². The van der Waals surface area contributed by atoms with Crippen molar-refractivity contribution in [1.82, 2.24) is 10.2 Å². The van der Waals surface area contributed by atoms with Crippen LogP contribution in [0, 0.1) is 9.49 Å². The van der Waals surface area contributed by atoms with Gasteiger partial charge in [0, 0.05) is 10.1 Å². The third-order valence-corrected chi connectivity index (χ3v) is 5.12. The molecular formula is C16H19IN2O2. The SMILES string of the molecule is CC1(C)C(=O)NC(C2CC2)C(=O)N1Cc1ccc(I)cc1. The number of carbonyl (C=O) groups excluding carboxylic acids is 2. The third-order valence-electron chi connectivity index (χ3n) is 4.40. The maximum absolute atomic E-state index is 12.7. The Bertz CT molecular complexity index is 578. The van der Waals surface area contributed by atoms with Crippen LogP contribution in [0.4, 0.5) is 0 Å². The summed E-state index contributed by atoms with van der Waals surface area (Å²) in [5, 5.41) is 2.91. The molecule has 2 amide bonds. The van der Waals surface area contributed by atoms with Gasteiger partial charge in [-0.25, -0.2) is 0 Å². The van der Waals surface area contributed by atoms with E-state index in [1.807, 2.05) is 38.1 Å². The highest BCUT2D eigenvalue weighted by molar-refractivity contribution is 14.1. The van der Waals surface area contributed by atoms with E-state index in [9.17, 15) is 9.59 Å². The van der Waals surface area contributed by atoms with Crippen LogP contribution < -0.4 is 5.32 Å². The van der Waals surface area contributed by atoms with Gasteiger partial charge in [0.05, 0.1) is 0 Å². The first kappa shape index (κ1) is 14.8. The number of piperazine rings is 1. The second-order valence-electron chi connectivity index (χ2n) is 6.40. The summed E-state index contributed by atoms with van der Waals surface area (Å²) < 4.78 is 1.16. The molecule has 1 heterocycles. The fourth-order valence-corrected chi connectivity index (χ4v) is 3.10. The molecule has 1 aliphatic heterocycles. The molecule has 3 rings (SSSR count). The fourth-order valence-electron chi connectivity index (χ4n) is 2.74. The standard InChI is InChI=1S/C16H19IN2O2/c1-16(2)15(21)18-13(11-5-6-11)14(20)19(16)9-10-3-7-12(17)8-4-10/h3-4,7-8,11,13H,5-6,9H2,1-2H3,(H,18,21). The number of benzene rings is 1.